The van der Waals surface area contributed by atoms with Crippen molar-refractivity contribution >= 4 is 15.9 Å². The molecule has 1 atom stereocenters. The van der Waals surface area contributed by atoms with Crippen LogP contribution in [0.2, 0.25) is 0 Å². The third-order valence-electron chi connectivity index (χ3n) is 2.76. The smallest absolute Gasteiger partial charge is 0.302 e. The minimum atomic E-state index is -4.14. The van der Waals surface area contributed by atoms with Gasteiger partial charge in [-0.2, -0.15) is 13.2 Å². The average Bonchev–Trinajstić information content (AvgIpc) is 2.58. The fourth-order valence-electron chi connectivity index (χ4n) is 2.06. The van der Waals surface area contributed by atoms with Crippen LogP contribution in [0.15, 0.2) is 22.7 Å². The molecule has 0 saturated carbocycles. The number of hydrogen-bond donors (Lipinski definition) is 1. The molecule has 1 aromatic carbocycles. The number of alkyl halides is 3. The molecule has 0 radical (unpaired) electrons. The third-order valence-corrected chi connectivity index (χ3v) is 3.51. The second kappa shape index (κ2) is 4.37. The van der Waals surface area contributed by atoms with Gasteiger partial charge in [0.05, 0.1) is 6.54 Å². The van der Waals surface area contributed by atoms with E-state index < -0.39 is 12.7 Å². The fourth-order valence-corrected chi connectivity index (χ4v) is 2.64. The molecule has 2 rings (SSSR count). The van der Waals surface area contributed by atoms with Crippen molar-refractivity contribution in [2.45, 2.75) is 25.1 Å². The molecule has 1 unspecified atom stereocenters. The minimum Gasteiger partial charge on any atom is -0.302 e. The summed E-state index contributed by atoms with van der Waals surface area (Å²) in [5.74, 6) is 0. The van der Waals surface area contributed by atoms with Crippen LogP contribution in [0, 0.1) is 0 Å². The maximum absolute atomic E-state index is 12.1. The first-order chi connectivity index (χ1) is 7.47. The van der Waals surface area contributed by atoms with Gasteiger partial charge in [-0.15, -0.1) is 0 Å². The summed E-state index contributed by atoms with van der Waals surface area (Å²) in [6.07, 6.45) is -2.59. The quantitative estimate of drug-likeness (QED) is 0.879. The molecule has 0 saturated heterocycles. The van der Waals surface area contributed by atoms with E-state index in [4.69, 9.17) is 0 Å². The highest BCUT2D eigenvalue weighted by atomic mass is 79.9. The van der Waals surface area contributed by atoms with Crippen molar-refractivity contribution in [3.8, 4) is 0 Å². The molecule has 5 heteroatoms. The Kier molecular flexibility index (Phi) is 3.26. The third kappa shape index (κ3) is 2.58. The predicted octanol–water partition coefficient (Wildman–Crippen LogP) is 3.59. The van der Waals surface area contributed by atoms with Gasteiger partial charge in [-0.05, 0) is 30.0 Å². The van der Waals surface area contributed by atoms with E-state index in [1.165, 1.54) is 0 Å². The van der Waals surface area contributed by atoms with Crippen LogP contribution in [0.5, 0.6) is 0 Å². The SMILES string of the molecule is FC(F)(F)CNC1CCc2c(Br)cccc21. The molecule has 0 spiro atoms. The van der Waals surface area contributed by atoms with E-state index in [0.717, 1.165) is 28.4 Å². The van der Waals surface area contributed by atoms with Crippen molar-refractivity contribution < 1.29 is 13.2 Å². The summed E-state index contributed by atoms with van der Waals surface area (Å²) in [4.78, 5) is 0. The molecule has 1 N–H and O–H groups in total. The zero-order valence-corrected chi connectivity index (χ0v) is 10.0. The van der Waals surface area contributed by atoms with E-state index in [1.807, 2.05) is 18.2 Å². The normalized spacial score (nSPS) is 19.9. The first-order valence-electron chi connectivity index (χ1n) is 5.05. The molecular formula is C11H11BrF3N. The van der Waals surface area contributed by atoms with Crippen LogP contribution in [-0.4, -0.2) is 12.7 Å². The van der Waals surface area contributed by atoms with Gasteiger partial charge in [-0.25, -0.2) is 0 Å². The second-order valence-corrected chi connectivity index (χ2v) is 4.75. The molecule has 1 nitrogen and oxygen atoms in total. The highest BCUT2D eigenvalue weighted by Crippen LogP contribution is 2.35. The van der Waals surface area contributed by atoms with Crippen LogP contribution < -0.4 is 5.32 Å². The van der Waals surface area contributed by atoms with Crippen molar-refractivity contribution in [2.75, 3.05) is 6.54 Å². The summed E-state index contributed by atoms with van der Waals surface area (Å²) in [5, 5.41) is 2.56. The average molecular weight is 294 g/mol. The van der Waals surface area contributed by atoms with Gasteiger partial charge in [0.2, 0.25) is 0 Å². The van der Waals surface area contributed by atoms with Gasteiger partial charge in [0, 0.05) is 10.5 Å². The summed E-state index contributed by atoms with van der Waals surface area (Å²) in [5.41, 5.74) is 2.11. The van der Waals surface area contributed by atoms with E-state index in [1.54, 1.807) is 0 Å². The molecule has 0 aromatic heterocycles. The summed E-state index contributed by atoms with van der Waals surface area (Å²) in [6.45, 7) is -0.927. The molecular weight excluding hydrogens is 283 g/mol. The molecule has 0 heterocycles. The summed E-state index contributed by atoms with van der Waals surface area (Å²) in [6, 6.07) is 5.50. The predicted molar refractivity (Wildman–Crippen MR) is 59.3 cm³/mol. The van der Waals surface area contributed by atoms with Gasteiger partial charge >= 0.3 is 6.18 Å². The topological polar surface area (TPSA) is 12.0 Å². The highest BCUT2D eigenvalue weighted by molar-refractivity contribution is 9.10. The maximum atomic E-state index is 12.1. The number of fused-ring (bicyclic) bond motifs is 1. The highest BCUT2D eigenvalue weighted by Gasteiger charge is 2.31. The Bertz CT molecular complexity index is 389. The van der Waals surface area contributed by atoms with Crippen molar-refractivity contribution in [2.24, 2.45) is 0 Å². The van der Waals surface area contributed by atoms with Gasteiger partial charge < -0.3 is 5.32 Å². The number of halogens is 4. The Hall–Kier alpha value is -0.550. The monoisotopic (exact) mass is 293 g/mol. The molecule has 1 aliphatic carbocycles. The Morgan fingerprint density at radius 3 is 2.81 bits per heavy atom. The van der Waals surface area contributed by atoms with Gasteiger partial charge in [-0.3, -0.25) is 0 Å². The lowest BCUT2D eigenvalue weighted by molar-refractivity contribution is -0.126. The molecule has 16 heavy (non-hydrogen) atoms. The molecule has 1 aromatic rings. The molecule has 0 fully saturated rings. The van der Waals surface area contributed by atoms with Gasteiger partial charge in [0.15, 0.2) is 0 Å². The molecule has 1 aliphatic rings. The fraction of sp³-hybridized carbons (Fsp3) is 0.455. The number of rotatable bonds is 2. The summed E-state index contributed by atoms with van der Waals surface area (Å²) < 4.78 is 37.3. The van der Waals surface area contributed by atoms with Crippen LogP contribution >= 0.6 is 15.9 Å². The zero-order chi connectivity index (χ0) is 11.8. The number of nitrogens with one attached hydrogen (secondary N) is 1. The standard InChI is InChI=1S/C11H11BrF3N/c12-9-3-1-2-8-7(9)4-5-10(8)16-6-11(13,14)15/h1-3,10,16H,4-6H2. The van der Waals surface area contributed by atoms with Gasteiger partial charge in [-0.1, -0.05) is 28.1 Å². The first-order valence-corrected chi connectivity index (χ1v) is 5.84. The van der Waals surface area contributed by atoms with E-state index in [9.17, 15) is 13.2 Å². The molecule has 0 amide bonds. The Labute approximate surface area is 100 Å². The Balaban J connectivity index is 2.09. The molecule has 0 aliphatic heterocycles. The number of hydrogen-bond acceptors (Lipinski definition) is 1. The number of benzene rings is 1. The van der Waals surface area contributed by atoms with E-state index in [-0.39, 0.29) is 6.04 Å². The van der Waals surface area contributed by atoms with E-state index in [2.05, 4.69) is 21.2 Å². The van der Waals surface area contributed by atoms with Gasteiger partial charge in [0.1, 0.15) is 0 Å². The first kappa shape index (κ1) is 11.9. The van der Waals surface area contributed by atoms with Crippen LogP contribution in [0.1, 0.15) is 23.6 Å². The Morgan fingerprint density at radius 1 is 1.38 bits per heavy atom. The maximum Gasteiger partial charge on any atom is 0.401 e. The summed E-state index contributed by atoms with van der Waals surface area (Å²) >= 11 is 3.42. The summed E-state index contributed by atoms with van der Waals surface area (Å²) in [7, 11) is 0. The van der Waals surface area contributed by atoms with Crippen molar-refractivity contribution in [3.63, 3.8) is 0 Å². The van der Waals surface area contributed by atoms with Crippen molar-refractivity contribution in [1.29, 1.82) is 0 Å². The molecule has 0 bridgehead atoms. The second-order valence-electron chi connectivity index (χ2n) is 3.89. The largest absolute Gasteiger partial charge is 0.401 e. The lowest BCUT2D eigenvalue weighted by Crippen LogP contribution is -2.31. The van der Waals surface area contributed by atoms with Gasteiger partial charge in [0.25, 0.3) is 0 Å². The minimum absolute atomic E-state index is 0.172. The van der Waals surface area contributed by atoms with E-state index in [0.29, 0.717) is 0 Å². The van der Waals surface area contributed by atoms with Crippen LogP contribution in [0.4, 0.5) is 13.2 Å². The van der Waals surface area contributed by atoms with E-state index >= 15 is 0 Å². The van der Waals surface area contributed by atoms with Crippen LogP contribution in [-0.2, 0) is 6.42 Å². The van der Waals surface area contributed by atoms with Crippen molar-refractivity contribution in [3.05, 3.63) is 33.8 Å². The van der Waals surface area contributed by atoms with Crippen LogP contribution in [0.3, 0.4) is 0 Å². The van der Waals surface area contributed by atoms with Crippen LogP contribution in [0.25, 0.3) is 0 Å². The molecule has 88 valence electrons. The van der Waals surface area contributed by atoms with Crippen molar-refractivity contribution in [1.82, 2.24) is 5.32 Å². The lowest BCUT2D eigenvalue weighted by atomic mass is 10.1. The Morgan fingerprint density at radius 2 is 2.12 bits per heavy atom. The lowest BCUT2D eigenvalue weighted by Gasteiger charge is -2.15. The zero-order valence-electron chi connectivity index (χ0n) is 8.44.